The third-order valence-electron chi connectivity index (χ3n) is 1.44. The van der Waals surface area contributed by atoms with Gasteiger partial charge in [-0.1, -0.05) is 48.6 Å². The van der Waals surface area contributed by atoms with E-state index in [1.165, 1.54) is 0 Å². The summed E-state index contributed by atoms with van der Waals surface area (Å²) in [5, 5.41) is 0. The van der Waals surface area contributed by atoms with Crippen molar-refractivity contribution in [2.75, 3.05) is 0 Å². The summed E-state index contributed by atoms with van der Waals surface area (Å²) in [6.07, 6.45) is 26.0. The summed E-state index contributed by atoms with van der Waals surface area (Å²) < 4.78 is 0. The van der Waals surface area contributed by atoms with Crippen molar-refractivity contribution < 1.29 is 17.1 Å². The second-order valence-electron chi connectivity index (χ2n) is 2.50. The van der Waals surface area contributed by atoms with E-state index in [4.69, 9.17) is 0 Å². The zero-order valence-corrected chi connectivity index (χ0v) is 9.06. The largest absolute Gasteiger partial charge is 0.231 e. The first-order valence-electron chi connectivity index (χ1n) is 4.33. The molecule has 0 saturated carbocycles. The molecule has 0 fully saturated rings. The van der Waals surface area contributed by atoms with E-state index in [2.05, 4.69) is 0 Å². The maximum atomic E-state index is 2.00. The summed E-state index contributed by atoms with van der Waals surface area (Å²) in [6.45, 7) is 0. The molecule has 0 heterocycles. The number of allylic oxidation sites excluding steroid dienone is 10. The molecular formula is C13H13Mn-. The molecule has 2 aliphatic rings. The Labute approximate surface area is 97.3 Å². The first kappa shape index (κ1) is 13.1. The van der Waals surface area contributed by atoms with E-state index in [0.29, 0.717) is 0 Å². The Balaban J connectivity index is 0.000000246. The maximum absolute atomic E-state index is 2.00. The van der Waals surface area contributed by atoms with Gasteiger partial charge in [-0.3, -0.25) is 0 Å². The van der Waals surface area contributed by atoms with Gasteiger partial charge in [0, 0.05) is 17.1 Å². The van der Waals surface area contributed by atoms with Gasteiger partial charge in [-0.25, -0.2) is 18.6 Å². The zero-order chi connectivity index (χ0) is 9.19. The monoisotopic (exact) mass is 224 g/mol. The number of hydrogen-bond acceptors (Lipinski definition) is 0. The Bertz CT molecular complexity index is 192. The Kier molecular flexibility index (Phi) is 9.51. The van der Waals surface area contributed by atoms with E-state index in [-0.39, 0.29) is 17.1 Å². The van der Waals surface area contributed by atoms with Gasteiger partial charge >= 0.3 is 0 Å². The van der Waals surface area contributed by atoms with Gasteiger partial charge in [0.15, 0.2) is 0 Å². The van der Waals surface area contributed by atoms with E-state index < -0.39 is 0 Å². The minimum Gasteiger partial charge on any atom is -0.231 e. The summed E-state index contributed by atoms with van der Waals surface area (Å²) in [7, 11) is 0. The summed E-state index contributed by atoms with van der Waals surface area (Å²) >= 11 is 0. The Morgan fingerprint density at radius 2 is 1.00 bits per heavy atom. The molecule has 0 aromatic heterocycles. The van der Waals surface area contributed by atoms with Gasteiger partial charge in [0.2, 0.25) is 0 Å². The van der Waals surface area contributed by atoms with Crippen molar-refractivity contribution >= 4 is 0 Å². The SMILES string of the molecule is C1=C\C=C/C=C\C=C/1.[CH]1[CH][CH-]C=C1.[Mn]. The molecule has 0 nitrogen and oxygen atoms in total. The molecular weight excluding hydrogens is 211 g/mol. The van der Waals surface area contributed by atoms with Crippen molar-refractivity contribution in [3.63, 3.8) is 0 Å². The van der Waals surface area contributed by atoms with Crippen molar-refractivity contribution in [1.82, 2.24) is 0 Å². The van der Waals surface area contributed by atoms with Crippen LogP contribution in [0, 0.1) is 19.3 Å². The molecule has 14 heavy (non-hydrogen) atoms. The molecule has 1 heteroatoms. The van der Waals surface area contributed by atoms with Crippen LogP contribution in [0.5, 0.6) is 0 Å². The molecule has 0 unspecified atom stereocenters. The molecule has 0 N–H and O–H groups in total. The first-order chi connectivity index (χ1) is 6.50. The van der Waals surface area contributed by atoms with E-state index in [1.807, 2.05) is 80.0 Å². The van der Waals surface area contributed by atoms with Gasteiger partial charge < -0.3 is 0 Å². The van der Waals surface area contributed by atoms with Gasteiger partial charge in [0.1, 0.15) is 0 Å². The third kappa shape index (κ3) is 7.72. The smallest absolute Gasteiger partial charge is 0 e. The second kappa shape index (κ2) is 10.2. The second-order valence-corrected chi connectivity index (χ2v) is 2.50. The van der Waals surface area contributed by atoms with Crippen LogP contribution >= 0.6 is 0 Å². The first-order valence-corrected chi connectivity index (χ1v) is 4.33. The van der Waals surface area contributed by atoms with Crippen LogP contribution in [0.1, 0.15) is 0 Å². The molecule has 0 spiro atoms. The van der Waals surface area contributed by atoms with E-state index in [9.17, 15) is 0 Å². The van der Waals surface area contributed by atoms with Crippen LogP contribution < -0.4 is 0 Å². The molecule has 0 bridgehead atoms. The fourth-order valence-corrected chi connectivity index (χ4v) is 0.834. The van der Waals surface area contributed by atoms with Gasteiger partial charge in [-0.15, -0.1) is 12.8 Å². The van der Waals surface area contributed by atoms with Gasteiger partial charge in [-0.2, -0.15) is 0 Å². The van der Waals surface area contributed by atoms with Crippen molar-refractivity contribution in [1.29, 1.82) is 0 Å². The maximum Gasteiger partial charge on any atom is 0 e. The molecule has 0 saturated heterocycles. The topological polar surface area (TPSA) is 0 Å². The fourth-order valence-electron chi connectivity index (χ4n) is 0.834. The van der Waals surface area contributed by atoms with Crippen LogP contribution in [0.4, 0.5) is 0 Å². The van der Waals surface area contributed by atoms with Crippen molar-refractivity contribution in [2.24, 2.45) is 0 Å². The molecule has 73 valence electrons. The van der Waals surface area contributed by atoms with Gasteiger partial charge in [-0.05, 0) is 0 Å². The minimum atomic E-state index is 0. The van der Waals surface area contributed by atoms with Crippen LogP contribution in [-0.2, 0) is 17.1 Å². The molecule has 0 aromatic carbocycles. The molecule has 0 atom stereocenters. The predicted molar refractivity (Wildman–Crippen MR) is 58.6 cm³/mol. The van der Waals surface area contributed by atoms with Crippen molar-refractivity contribution in [3.05, 3.63) is 80.0 Å². The van der Waals surface area contributed by atoms with Gasteiger partial charge in [0.05, 0.1) is 0 Å². The Morgan fingerprint density at radius 1 is 0.571 bits per heavy atom. The predicted octanol–water partition coefficient (Wildman–Crippen LogP) is 3.39. The molecule has 0 amide bonds. The van der Waals surface area contributed by atoms with Crippen LogP contribution in [0.2, 0.25) is 0 Å². The van der Waals surface area contributed by atoms with Crippen LogP contribution in [-0.4, -0.2) is 0 Å². The Hall–Kier alpha value is -0.911. The molecule has 3 radical (unpaired) electrons. The van der Waals surface area contributed by atoms with Crippen LogP contribution in [0.25, 0.3) is 0 Å². The summed E-state index contributed by atoms with van der Waals surface area (Å²) in [5.41, 5.74) is 0. The number of hydrogen-bond donors (Lipinski definition) is 0. The van der Waals surface area contributed by atoms with Gasteiger partial charge in [0.25, 0.3) is 0 Å². The summed E-state index contributed by atoms with van der Waals surface area (Å²) in [4.78, 5) is 0. The standard InChI is InChI=1S/C8H8.C5H5.Mn/c1-2-4-6-8-7-5-3-1;1-2-4-5-3-1;/h1-8H;1-5H;/q;-1;/b2-1-,3-1?,4-2?,5-3-,6-4-,7-5?,8-6?,8-7-;;. The summed E-state index contributed by atoms with van der Waals surface area (Å²) in [6, 6.07) is 0. The average molecular weight is 224 g/mol. The number of rotatable bonds is 0. The molecule has 2 aliphatic carbocycles. The molecule has 0 aromatic rings. The van der Waals surface area contributed by atoms with Crippen molar-refractivity contribution in [3.8, 4) is 0 Å². The zero-order valence-electron chi connectivity index (χ0n) is 7.88. The van der Waals surface area contributed by atoms with Crippen molar-refractivity contribution in [2.45, 2.75) is 0 Å². The van der Waals surface area contributed by atoms with E-state index in [1.54, 1.807) is 0 Å². The Morgan fingerprint density at radius 3 is 1.14 bits per heavy atom. The minimum absolute atomic E-state index is 0. The quantitative estimate of drug-likeness (QED) is 0.437. The fraction of sp³-hybridized carbons (Fsp3) is 0. The van der Waals surface area contributed by atoms with Crippen LogP contribution in [0.15, 0.2) is 60.8 Å². The van der Waals surface area contributed by atoms with Crippen LogP contribution in [0.3, 0.4) is 0 Å². The van der Waals surface area contributed by atoms with E-state index in [0.717, 1.165) is 0 Å². The van der Waals surface area contributed by atoms with E-state index >= 15 is 0 Å². The normalized spacial score (nSPS) is 25.1. The summed E-state index contributed by atoms with van der Waals surface area (Å²) in [5.74, 6) is 0. The molecule has 2 rings (SSSR count). The average Bonchev–Trinajstić information content (AvgIpc) is 2.58. The molecule has 0 aliphatic heterocycles. The third-order valence-corrected chi connectivity index (χ3v) is 1.44.